The molecule has 0 bridgehead atoms. The number of hydrogen-bond donors (Lipinski definition) is 1. The Kier molecular flexibility index (Phi) is 7.20. The van der Waals surface area contributed by atoms with Gasteiger partial charge in [-0.25, -0.2) is 0 Å². The largest absolute Gasteiger partial charge is 0.504 e. The fourth-order valence-electron chi connectivity index (χ4n) is 4.59. The van der Waals surface area contributed by atoms with Crippen molar-refractivity contribution in [3.05, 3.63) is 53.6 Å². The van der Waals surface area contributed by atoms with Gasteiger partial charge in [0.1, 0.15) is 0 Å². The highest BCUT2D eigenvalue weighted by Crippen LogP contribution is 2.39. The highest BCUT2D eigenvalue weighted by molar-refractivity contribution is 5.79. The molecule has 1 N–H and O–H groups in total. The topological polar surface area (TPSA) is 62.2 Å². The molecular formula is C26H34N2O4. The van der Waals surface area contributed by atoms with Crippen LogP contribution in [0.4, 0.5) is 0 Å². The van der Waals surface area contributed by atoms with Crippen molar-refractivity contribution in [2.24, 2.45) is 5.92 Å². The van der Waals surface area contributed by atoms with E-state index in [9.17, 15) is 9.90 Å². The van der Waals surface area contributed by atoms with E-state index in [1.807, 2.05) is 30.9 Å². The Morgan fingerprint density at radius 1 is 1.12 bits per heavy atom. The molecule has 172 valence electrons. The Morgan fingerprint density at radius 2 is 1.91 bits per heavy atom. The lowest BCUT2D eigenvalue weighted by molar-refractivity contribution is -0.140. The molecule has 6 heteroatoms. The lowest BCUT2D eigenvalue weighted by Crippen LogP contribution is -2.46. The van der Waals surface area contributed by atoms with Gasteiger partial charge in [0.15, 0.2) is 11.5 Å². The summed E-state index contributed by atoms with van der Waals surface area (Å²) in [7, 11) is 0. The molecule has 1 saturated heterocycles. The van der Waals surface area contributed by atoms with Crippen molar-refractivity contribution >= 4 is 5.91 Å². The van der Waals surface area contributed by atoms with Crippen LogP contribution in [0.25, 0.3) is 0 Å². The van der Waals surface area contributed by atoms with Gasteiger partial charge in [0, 0.05) is 32.1 Å². The van der Waals surface area contributed by atoms with Crippen LogP contribution in [-0.2, 0) is 17.9 Å². The third kappa shape index (κ3) is 5.36. The molecular weight excluding hydrogens is 404 g/mol. The van der Waals surface area contributed by atoms with Crippen LogP contribution in [0, 0.1) is 5.92 Å². The van der Waals surface area contributed by atoms with Gasteiger partial charge in [-0.15, -0.1) is 0 Å². The molecule has 0 spiro atoms. The van der Waals surface area contributed by atoms with Gasteiger partial charge in [-0.1, -0.05) is 30.3 Å². The van der Waals surface area contributed by atoms with Crippen LogP contribution < -0.4 is 9.47 Å². The number of amides is 1. The molecule has 1 fully saturated rings. The van der Waals surface area contributed by atoms with E-state index in [2.05, 4.69) is 29.2 Å². The van der Waals surface area contributed by atoms with Gasteiger partial charge in [-0.3, -0.25) is 9.69 Å². The molecule has 2 aliphatic heterocycles. The van der Waals surface area contributed by atoms with E-state index in [4.69, 9.17) is 9.47 Å². The van der Waals surface area contributed by atoms with Crippen molar-refractivity contribution in [3.63, 3.8) is 0 Å². The van der Waals surface area contributed by atoms with Gasteiger partial charge >= 0.3 is 0 Å². The van der Waals surface area contributed by atoms with Gasteiger partial charge in [0.25, 0.3) is 0 Å². The van der Waals surface area contributed by atoms with Crippen molar-refractivity contribution < 1.29 is 19.4 Å². The number of piperidine rings is 1. The molecule has 2 heterocycles. The molecule has 1 amide bonds. The monoisotopic (exact) mass is 438 g/mol. The summed E-state index contributed by atoms with van der Waals surface area (Å²) >= 11 is 0. The van der Waals surface area contributed by atoms with E-state index in [0.717, 1.165) is 44.5 Å². The normalized spacial score (nSPS) is 18.9. The number of rotatable bonds is 6. The second kappa shape index (κ2) is 10.3. The van der Waals surface area contributed by atoms with Crippen molar-refractivity contribution in [3.8, 4) is 17.2 Å². The van der Waals surface area contributed by atoms with Crippen LogP contribution in [0.3, 0.4) is 0 Å². The van der Waals surface area contributed by atoms with Crippen LogP contribution in [0.15, 0.2) is 42.5 Å². The molecule has 4 rings (SSSR count). The summed E-state index contributed by atoms with van der Waals surface area (Å²) in [4.78, 5) is 17.9. The Morgan fingerprint density at radius 3 is 2.69 bits per heavy atom. The quantitative estimate of drug-likeness (QED) is 0.732. The van der Waals surface area contributed by atoms with E-state index in [1.54, 1.807) is 6.07 Å². The Labute approximate surface area is 190 Å². The zero-order valence-corrected chi connectivity index (χ0v) is 19.1. The first-order valence-electron chi connectivity index (χ1n) is 11.7. The predicted octanol–water partition coefficient (Wildman–Crippen LogP) is 4.20. The maximum Gasteiger partial charge on any atom is 0.227 e. The second-order valence-electron chi connectivity index (χ2n) is 9.11. The standard InChI is InChI=1S/C26H34N2O4/c1-19(2)28(17-21-14-23(29)25-24(15-21)31-12-7-13-32-25)26(30)22-10-6-11-27(18-22)16-20-8-4-3-5-9-20/h3-5,8-9,14-15,19,22,29H,6-7,10-13,16-18H2,1-2H3. The average Bonchev–Trinajstić information content (AvgIpc) is 3.04. The zero-order chi connectivity index (χ0) is 22.5. The number of phenols is 1. The number of nitrogens with zero attached hydrogens (tertiary/aromatic N) is 2. The minimum Gasteiger partial charge on any atom is -0.504 e. The van der Waals surface area contributed by atoms with E-state index >= 15 is 0 Å². The number of phenolic OH excluding ortho intramolecular Hbond substituents is 1. The van der Waals surface area contributed by atoms with Gasteiger partial charge in [0.2, 0.25) is 11.7 Å². The number of hydrogen-bond acceptors (Lipinski definition) is 5. The molecule has 1 atom stereocenters. The first-order valence-corrected chi connectivity index (χ1v) is 11.7. The highest BCUT2D eigenvalue weighted by Gasteiger charge is 2.31. The van der Waals surface area contributed by atoms with Crippen molar-refractivity contribution in [1.82, 2.24) is 9.80 Å². The SMILES string of the molecule is CC(C)N(Cc1cc(O)c2c(c1)OCCCO2)C(=O)C1CCCN(Cc2ccccc2)C1. The first-order chi connectivity index (χ1) is 15.5. The Hall–Kier alpha value is -2.73. The molecule has 32 heavy (non-hydrogen) atoms. The van der Waals surface area contributed by atoms with Crippen LogP contribution in [-0.4, -0.2) is 53.2 Å². The van der Waals surface area contributed by atoms with E-state index in [-0.39, 0.29) is 23.6 Å². The number of benzene rings is 2. The summed E-state index contributed by atoms with van der Waals surface area (Å²) in [5.74, 6) is 1.20. The smallest absolute Gasteiger partial charge is 0.227 e. The number of ether oxygens (including phenoxy) is 2. The minimum atomic E-state index is -0.0103. The van der Waals surface area contributed by atoms with Crippen LogP contribution in [0.2, 0.25) is 0 Å². The highest BCUT2D eigenvalue weighted by atomic mass is 16.5. The molecule has 0 saturated carbocycles. The first kappa shape index (κ1) is 22.5. The number of aromatic hydroxyl groups is 1. The van der Waals surface area contributed by atoms with Gasteiger partial charge in [-0.2, -0.15) is 0 Å². The maximum atomic E-state index is 13.6. The molecule has 2 aromatic carbocycles. The molecule has 0 aliphatic carbocycles. The summed E-state index contributed by atoms with van der Waals surface area (Å²) < 4.78 is 11.4. The number of carbonyl (C=O) groups is 1. The maximum absolute atomic E-state index is 13.6. The van der Waals surface area contributed by atoms with Gasteiger partial charge in [0.05, 0.1) is 19.1 Å². The fraction of sp³-hybridized carbons (Fsp3) is 0.500. The van der Waals surface area contributed by atoms with Crippen molar-refractivity contribution in [2.75, 3.05) is 26.3 Å². The summed E-state index contributed by atoms with van der Waals surface area (Å²) in [6, 6.07) is 14.1. The minimum absolute atomic E-state index is 0.0103. The van der Waals surface area contributed by atoms with Crippen LogP contribution in [0.5, 0.6) is 17.2 Å². The van der Waals surface area contributed by atoms with Crippen LogP contribution >= 0.6 is 0 Å². The molecule has 6 nitrogen and oxygen atoms in total. The Balaban J connectivity index is 1.46. The third-order valence-electron chi connectivity index (χ3n) is 6.25. The summed E-state index contributed by atoms with van der Waals surface area (Å²) in [6.45, 7) is 8.30. The Bertz CT molecular complexity index is 916. The average molecular weight is 439 g/mol. The van der Waals surface area contributed by atoms with E-state index < -0.39 is 0 Å². The van der Waals surface area contributed by atoms with Crippen LogP contribution in [0.1, 0.15) is 44.2 Å². The van der Waals surface area contributed by atoms with E-state index in [1.165, 1.54) is 5.56 Å². The lowest BCUT2D eigenvalue weighted by Gasteiger charge is -2.36. The number of carbonyl (C=O) groups excluding carboxylic acids is 1. The summed E-state index contributed by atoms with van der Waals surface area (Å²) in [6.07, 6.45) is 2.72. The van der Waals surface area contributed by atoms with Crippen molar-refractivity contribution in [1.29, 1.82) is 0 Å². The number of likely N-dealkylation sites (tertiary alicyclic amines) is 1. The molecule has 2 aromatic rings. The molecule has 0 aromatic heterocycles. The fourth-order valence-corrected chi connectivity index (χ4v) is 4.59. The molecule has 0 radical (unpaired) electrons. The second-order valence-corrected chi connectivity index (χ2v) is 9.11. The van der Waals surface area contributed by atoms with Gasteiger partial charge < -0.3 is 19.5 Å². The lowest BCUT2D eigenvalue weighted by atomic mass is 9.95. The predicted molar refractivity (Wildman–Crippen MR) is 124 cm³/mol. The summed E-state index contributed by atoms with van der Waals surface area (Å²) in [5, 5.41) is 10.5. The molecule has 1 unspecified atom stereocenters. The van der Waals surface area contributed by atoms with E-state index in [0.29, 0.717) is 31.3 Å². The zero-order valence-electron chi connectivity index (χ0n) is 19.1. The summed E-state index contributed by atoms with van der Waals surface area (Å²) in [5.41, 5.74) is 2.13. The number of fused-ring (bicyclic) bond motifs is 1. The van der Waals surface area contributed by atoms with Crippen molar-refractivity contribution in [2.45, 2.75) is 52.2 Å². The third-order valence-corrected chi connectivity index (χ3v) is 6.25. The molecule has 2 aliphatic rings. The van der Waals surface area contributed by atoms with Gasteiger partial charge in [-0.05, 0) is 56.5 Å².